The maximum absolute atomic E-state index is 12.5. The van der Waals surface area contributed by atoms with Crippen molar-refractivity contribution in [2.24, 2.45) is 0 Å². The Kier molecular flexibility index (Phi) is 3.33. The molecule has 3 heterocycles. The number of nitrogens with zero attached hydrogens (tertiary/aromatic N) is 4. The van der Waals surface area contributed by atoms with Gasteiger partial charge in [0.15, 0.2) is 5.82 Å². The van der Waals surface area contributed by atoms with Crippen LogP contribution in [0.15, 0.2) is 66.9 Å². The smallest absolute Gasteiger partial charge is 0.254 e. The van der Waals surface area contributed by atoms with Crippen LogP contribution in [0.3, 0.4) is 0 Å². The lowest BCUT2D eigenvalue weighted by Crippen LogP contribution is -2.17. The van der Waals surface area contributed by atoms with Crippen LogP contribution >= 0.6 is 0 Å². The van der Waals surface area contributed by atoms with Crippen molar-refractivity contribution in [1.29, 1.82) is 0 Å². The highest BCUT2D eigenvalue weighted by molar-refractivity contribution is 6.01. The lowest BCUT2D eigenvalue weighted by Gasteiger charge is -2.16. The maximum Gasteiger partial charge on any atom is 0.254 e. The predicted molar refractivity (Wildman–Crippen MR) is 106 cm³/mol. The zero-order chi connectivity index (χ0) is 18.4. The molecule has 7 nitrogen and oxygen atoms in total. The fraction of sp³-hybridized carbons (Fsp3) is 0.0500. The van der Waals surface area contributed by atoms with Gasteiger partial charge in [-0.25, -0.2) is 14.5 Å². The molecule has 132 valence electrons. The highest BCUT2D eigenvalue weighted by Gasteiger charge is 2.31. The summed E-state index contributed by atoms with van der Waals surface area (Å²) in [7, 11) is 0. The van der Waals surface area contributed by atoms with Gasteiger partial charge < -0.3 is 16.0 Å². The second-order valence-corrected chi connectivity index (χ2v) is 6.33. The van der Waals surface area contributed by atoms with Crippen LogP contribution in [0.1, 0.15) is 4.79 Å². The minimum atomic E-state index is 0.0159. The molecule has 7 heteroatoms. The van der Waals surface area contributed by atoms with E-state index in [1.165, 1.54) is 0 Å². The Bertz CT molecular complexity index is 1160. The van der Waals surface area contributed by atoms with Crippen molar-refractivity contribution in [3.63, 3.8) is 0 Å². The summed E-state index contributed by atoms with van der Waals surface area (Å²) in [6.07, 6.45) is 1.69. The number of imidazole rings is 1. The summed E-state index contributed by atoms with van der Waals surface area (Å²) >= 11 is 0. The molecule has 1 aliphatic heterocycles. The number of rotatable bonds is 3. The van der Waals surface area contributed by atoms with Gasteiger partial charge in [-0.15, -0.1) is 0 Å². The largest absolute Gasteiger partial charge is 0.396 e. The second kappa shape index (κ2) is 5.84. The molecule has 2 aromatic heterocycles. The molecule has 0 amide bonds. The van der Waals surface area contributed by atoms with Crippen LogP contribution in [0.25, 0.3) is 11.0 Å². The van der Waals surface area contributed by atoms with Crippen molar-refractivity contribution in [2.45, 2.75) is 0 Å². The Morgan fingerprint density at radius 1 is 1.00 bits per heavy atom. The third kappa shape index (κ3) is 2.48. The van der Waals surface area contributed by atoms with E-state index >= 15 is 0 Å². The zero-order valence-corrected chi connectivity index (χ0v) is 14.3. The van der Waals surface area contributed by atoms with Crippen LogP contribution in [-0.2, 0) is 0 Å². The van der Waals surface area contributed by atoms with E-state index in [-0.39, 0.29) is 12.5 Å². The van der Waals surface area contributed by atoms with E-state index in [4.69, 9.17) is 5.73 Å². The van der Waals surface area contributed by atoms with Crippen LogP contribution in [0.4, 0.5) is 28.8 Å². The number of pyridine rings is 1. The third-order valence-electron chi connectivity index (χ3n) is 4.61. The molecule has 0 spiro atoms. The summed E-state index contributed by atoms with van der Waals surface area (Å²) in [4.78, 5) is 23.3. The first-order chi connectivity index (χ1) is 13.2. The molecule has 1 aliphatic rings. The average molecular weight is 356 g/mol. The summed E-state index contributed by atoms with van der Waals surface area (Å²) in [5.74, 6) is 1.28. The number of nitrogen functional groups attached to an aromatic ring is 1. The van der Waals surface area contributed by atoms with Gasteiger partial charge >= 0.3 is 0 Å². The van der Waals surface area contributed by atoms with Gasteiger partial charge in [-0.05, 0) is 48.5 Å². The molecular formula is C20H16N6O. The first kappa shape index (κ1) is 15.4. The Balaban J connectivity index is 1.47. The number of nitrogens with two attached hydrogens (primary N) is 1. The molecule has 0 atom stereocenters. The highest BCUT2D eigenvalue weighted by atomic mass is 16.2. The first-order valence-corrected chi connectivity index (χ1v) is 8.56. The minimum Gasteiger partial charge on any atom is -0.396 e. The number of carbonyl (C=O) groups is 1. The van der Waals surface area contributed by atoms with Gasteiger partial charge in [0.05, 0.1) is 16.7 Å². The van der Waals surface area contributed by atoms with E-state index in [2.05, 4.69) is 15.3 Å². The van der Waals surface area contributed by atoms with Gasteiger partial charge in [0.2, 0.25) is 5.95 Å². The van der Waals surface area contributed by atoms with Crippen LogP contribution in [0.2, 0.25) is 0 Å². The number of fused-ring (bicyclic) bond motifs is 3. The summed E-state index contributed by atoms with van der Waals surface area (Å²) in [5, 5.41) is 3.20. The minimum absolute atomic E-state index is 0.0159. The monoisotopic (exact) mass is 356 g/mol. The fourth-order valence-corrected chi connectivity index (χ4v) is 3.31. The molecule has 0 fully saturated rings. The summed E-state index contributed by atoms with van der Waals surface area (Å²) in [5.41, 5.74) is 9.92. The van der Waals surface area contributed by atoms with Gasteiger partial charge in [0.1, 0.15) is 6.54 Å². The van der Waals surface area contributed by atoms with Crippen molar-refractivity contribution >= 4 is 45.8 Å². The molecule has 4 aromatic rings. The van der Waals surface area contributed by atoms with Gasteiger partial charge in [-0.1, -0.05) is 12.1 Å². The Hall–Kier alpha value is -3.87. The zero-order valence-electron chi connectivity index (χ0n) is 14.3. The molecule has 27 heavy (non-hydrogen) atoms. The second-order valence-electron chi connectivity index (χ2n) is 6.33. The molecule has 5 rings (SSSR count). The predicted octanol–water partition coefficient (Wildman–Crippen LogP) is 3.55. The summed E-state index contributed by atoms with van der Waals surface area (Å²) < 4.78 is 1.68. The van der Waals surface area contributed by atoms with Crippen molar-refractivity contribution in [3.8, 4) is 0 Å². The molecule has 0 unspecified atom stereocenters. The van der Waals surface area contributed by atoms with E-state index in [1.807, 2.05) is 53.4 Å². The molecule has 3 N–H and O–H groups in total. The van der Waals surface area contributed by atoms with E-state index < -0.39 is 0 Å². The van der Waals surface area contributed by atoms with Crippen molar-refractivity contribution < 1.29 is 4.79 Å². The number of hydrogen-bond acceptors (Lipinski definition) is 6. The number of carbonyl (C=O) groups excluding carboxylic acids is 1. The molecular weight excluding hydrogens is 340 g/mol. The van der Waals surface area contributed by atoms with E-state index in [1.54, 1.807) is 22.9 Å². The van der Waals surface area contributed by atoms with E-state index in [9.17, 15) is 4.79 Å². The highest BCUT2D eigenvalue weighted by Crippen LogP contribution is 2.33. The SMILES string of the molecule is Nc1cccnc1Nc1ccc(N2CC(=O)n3c2nc2ccccc23)cc1. The standard InChI is InChI=1S/C20H16N6O/c21-15-4-3-11-22-19(15)23-13-7-9-14(10-8-13)25-12-18(27)26-17-6-2-1-5-16(17)24-20(25)26/h1-11H,12,21H2,(H,22,23). The van der Waals surface area contributed by atoms with Gasteiger partial charge in [0, 0.05) is 17.6 Å². The topological polar surface area (TPSA) is 89.1 Å². The molecule has 0 saturated heterocycles. The molecule has 0 radical (unpaired) electrons. The summed E-state index contributed by atoms with van der Waals surface area (Å²) in [6.45, 7) is 0.271. The molecule has 0 bridgehead atoms. The quantitative estimate of drug-likeness (QED) is 0.583. The van der Waals surface area contributed by atoms with Crippen molar-refractivity contribution in [3.05, 3.63) is 66.9 Å². The molecule has 0 aliphatic carbocycles. The fourth-order valence-electron chi connectivity index (χ4n) is 3.31. The number of benzene rings is 2. The first-order valence-electron chi connectivity index (χ1n) is 8.56. The molecule has 2 aromatic carbocycles. The Morgan fingerprint density at radius 2 is 1.81 bits per heavy atom. The number of aromatic nitrogens is 3. The van der Waals surface area contributed by atoms with Crippen molar-refractivity contribution in [2.75, 3.05) is 22.5 Å². The lowest BCUT2D eigenvalue weighted by atomic mass is 10.2. The van der Waals surface area contributed by atoms with Crippen LogP contribution in [0.5, 0.6) is 0 Å². The van der Waals surface area contributed by atoms with Gasteiger partial charge in [-0.2, -0.15) is 0 Å². The third-order valence-corrected chi connectivity index (χ3v) is 4.61. The number of nitrogens with one attached hydrogen (secondary N) is 1. The average Bonchev–Trinajstić information content (AvgIpc) is 3.22. The van der Waals surface area contributed by atoms with Gasteiger partial charge in [0.25, 0.3) is 5.91 Å². The Morgan fingerprint density at radius 3 is 2.63 bits per heavy atom. The number of para-hydroxylation sites is 2. The lowest BCUT2D eigenvalue weighted by molar-refractivity contribution is 0.0946. The van der Waals surface area contributed by atoms with Crippen molar-refractivity contribution in [1.82, 2.24) is 14.5 Å². The van der Waals surface area contributed by atoms with Crippen LogP contribution in [0, 0.1) is 0 Å². The van der Waals surface area contributed by atoms with E-state index in [0.717, 1.165) is 22.4 Å². The van der Waals surface area contributed by atoms with Gasteiger partial charge in [-0.3, -0.25) is 4.79 Å². The van der Waals surface area contributed by atoms with Crippen LogP contribution in [-0.4, -0.2) is 27.0 Å². The maximum atomic E-state index is 12.5. The summed E-state index contributed by atoms with van der Waals surface area (Å²) in [6, 6.07) is 19.0. The normalized spacial score (nSPS) is 13.2. The number of hydrogen-bond donors (Lipinski definition) is 2. The molecule has 0 saturated carbocycles. The number of anilines is 5. The van der Waals surface area contributed by atoms with E-state index in [0.29, 0.717) is 17.5 Å². The van der Waals surface area contributed by atoms with Crippen LogP contribution < -0.4 is 16.0 Å². The Labute approximate surface area is 155 Å².